The van der Waals surface area contributed by atoms with Gasteiger partial charge in [-0.3, -0.25) is 9.36 Å². The van der Waals surface area contributed by atoms with Crippen molar-refractivity contribution in [2.45, 2.75) is 0 Å². The third-order valence-electron chi connectivity index (χ3n) is 6.59. The molecule has 8 heteroatoms. The molecular formula is C28H25N5O2S. The number of hydrogen-bond acceptors (Lipinski definition) is 6. The lowest BCUT2D eigenvalue weighted by molar-refractivity contribution is 0.0751. The summed E-state index contributed by atoms with van der Waals surface area (Å²) in [6.07, 6.45) is 3.74. The van der Waals surface area contributed by atoms with Crippen LogP contribution >= 0.6 is 11.3 Å². The van der Waals surface area contributed by atoms with Crippen LogP contribution in [0.5, 0.6) is 5.75 Å². The van der Waals surface area contributed by atoms with Crippen molar-refractivity contribution in [1.82, 2.24) is 19.4 Å². The molecule has 0 radical (unpaired) electrons. The van der Waals surface area contributed by atoms with Crippen molar-refractivity contribution >= 4 is 34.1 Å². The summed E-state index contributed by atoms with van der Waals surface area (Å²) in [6, 6.07) is 22.1. The highest BCUT2D eigenvalue weighted by Crippen LogP contribution is 2.38. The number of anilines is 1. The van der Waals surface area contributed by atoms with Crippen LogP contribution in [-0.2, 0) is 0 Å². The molecule has 1 aliphatic rings. The minimum absolute atomic E-state index is 0.102. The highest BCUT2D eigenvalue weighted by atomic mass is 32.1. The SMILES string of the molecule is COc1ccccc1-n1cc(-c2ccccc2)c2c(N3CCN(C(=O)c4cccs4)CC3)ncnc21. The molecule has 0 spiro atoms. The monoisotopic (exact) mass is 495 g/mol. The Balaban J connectivity index is 1.43. The molecule has 180 valence electrons. The predicted octanol–water partition coefficient (Wildman–Crippen LogP) is 5.12. The second-order valence-electron chi connectivity index (χ2n) is 8.60. The van der Waals surface area contributed by atoms with E-state index in [-0.39, 0.29) is 5.91 Å². The van der Waals surface area contributed by atoms with Crippen LogP contribution in [0.4, 0.5) is 5.82 Å². The quantitative estimate of drug-likeness (QED) is 0.339. The topological polar surface area (TPSA) is 63.5 Å². The van der Waals surface area contributed by atoms with E-state index in [1.807, 2.05) is 64.9 Å². The van der Waals surface area contributed by atoms with Gasteiger partial charge in [-0.2, -0.15) is 0 Å². The van der Waals surface area contributed by atoms with E-state index in [9.17, 15) is 4.79 Å². The fourth-order valence-corrected chi connectivity index (χ4v) is 5.50. The van der Waals surface area contributed by atoms with Crippen molar-refractivity contribution in [1.29, 1.82) is 0 Å². The Hall–Kier alpha value is -4.17. The number of piperazine rings is 1. The minimum atomic E-state index is 0.102. The number of methoxy groups -OCH3 is 1. The van der Waals surface area contributed by atoms with Crippen LogP contribution in [0.1, 0.15) is 9.67 Å². The van der Waals surface area contributed by atoms with E-state index in [4.69, 9.17) is 14.7 Å². The number of amides is 1. The molecule has 4 heterocycles. The molecule has 1 amide bonds. The normalized spacial score (nSPS) is 13.8. The number of carbonyl (C=O) groups is 1. The Morgan fingerprint density at radius 1 is 0.917 bits per heavy atom. The van der Waals surface area contributed by atoms with Crippen LogP contribution in [0.3, 0.4) is 0 Å². The molecule has 1 fully saturated rings. The zero-order chi connectivity index (χ0) is 24.5. The van der Waals surface area contributed by atoms with Crippen LogP contribution in [0.25, 0.3) is 27.8 Å². The minimum Gasteiger partial charge on any atom is -0.495 e. The summed E-state index contributed by atoms with van der Waals surface area (Å²) >= 11 is 1.49. The number of thiophene rings is 1. The first-order valence-electron chi connectivity index (χ1n) is 11.9. The third-order valence-corrected chi connectivity index (χ3v) is 7.45. The van der Waals surface area contributed by atoms with Crippen molar-refractivity contribution in [2.24, 2.45) is 0 Å². The first kappa shape index (κ1) is 22.3. The standard InChI is InChI=1S/C28H25N5O2S/c1-35-23-11-6-5-10-22(23)33-18-21(20-8-3-2-4-9-20)25-26(29-19-30-27(25)33)31-13-15-32(16-14-31)28(34)24-12-7-17-36-24/h2-12,17-19H,13-16H2,1H3. The first-order valence-corrected chi connectivity index (χ1v) is 12.7. The van der Waals surface area contributed by atoms with Crippen molar-refractivity contribution in [2.75, 3.05) is 38.2 Å². The lowest BCUT2D eigenvalue weighted by Crippen LogP contribution is -2.49. The summed E-state index contributed by atoms with van der Waals surface area (Å²) in [5.41, 5.74) is 3.89. The lowest BCUT2D eigenvalue weighted by atomic mass is 10.1. The largest absolute Gasteiger partial charge is 0.495 e. The van der Waals surface area contributed by atoms with Crippen LogP contribution in [0.2, 0.25) is 0 Å². The highest BCUT2D eigenvalue weighted by Gasteiger charge is 2.27. The van der Waals surface area contributed by atoms with Gasteiger partial charge in [0.05, 0.1) is 23.1 Å². The van der Waals surface area contributed by atoms with Crippen molar-refractivity contribution in [3.8, 4) is 22.6 Å². The van der Waals surface area contributed by atoms with Crippen LogP contribution < -0.4 is 9.64 Å². The van der Waals surface area contributed by atoms with E-state index >= 15 is 0 Å². The number of carbonyl (C=O) groups excluding carboxylic acids is 1. The van der Waals surface area contributed by atoms with Crippen molar-refractivity contribution in [3.63, 3.8) is 0 Å². The van der Waals surface area contributed by atoms with Gasteiger partial charge in [-0.1, -0.05) is 48.5 Å². The maximum atomic E-state index is 12.9. The summed E-state index contributed by atoms with van der Waals surface area (Å²) in [5, 5.41) is 2.94. The van der Waals surface area contributed by atoms with Gasteiger partial charge in [-0.15, -0.1) is 11.3 Å². The average Bonchev–Trinajstić information content (AvgIpc) is 3.62. The number of rotatable bonds is 5. The first-order chi connectivity index (χ1) is 17.7. The Labute approximate surface area is 213 Å². The number of fused-ring (bicyclic) bond motifs is 1. The lowest BCUT2D eigenvalue weighted by Gasteiger charge is -2.35. The van der Waals surface area contributed by atoms with Crippen molar-refractivity contribution < 1.29 is 9.53 Å². The van der Waals surface area contributed by atoms with E-state index in [2.05, 4.69) is 27.8 Å². The predicted molar refractivity (Wildman–Crippen MR) is 143 cm³/mol. The van der Waals surface area contributed by atoms with Crippen LogP contribution in [-0.4, -0.2) is 58.6 Å². The summed E-state index contributed by atoms with van der Waals surface area (Å²) in [4.78, 5) is 27.3. The van der Waals surface area contributed by atoms with E-state index in [0.717, 1.165) is 44.3 Å². The summed E-state index contributed by atoms with van der Waals surface area (Å²) in [5.74, 6) is 1.76. The molecule has 6 rings (SSSR count). The molecule has 0 aliphatic carbocycles. The maximum absolute atomic E-state index is 12.9. The fraction of sp³-hybridized carbons (Fsp3) is 0.179. The van der Waals surface area contributed by atoms with Gasteiger partial charge in [0.25, 0.3) is 5.91 Å². The molecule has 2 aromatic carbocycles. The van der Waals surface area contributed by atoms with Crippen molar-refractivity contribution in [3.05, 3.63) is 89.5 Å². The van der Waals surface area contributed by atoms with Crippen LogP contribution in [0, 0.1) is 0 Å². The molecule has 1 aliphatic heterocycles. The van der Waals surface area contributed by atoms with E-state index < -0.39 is 0 Å². The number of nitrogens with zero attached hydrogens (tertiary/aromatic N) is 5. The molecule has 1 saturated heterocycles. The fourth-order valence-electron chi connectivity index (χ4n) is 4.81. The highest BCUT2D eigenvalue weighted by molar-refractivity contribution is 7.12. The zero-order valence-corrected chi connectivity index (χ0v) is 20.7. The van der Waals surface area contributed by atoms with Gasteiger partial charge < -0.3 is 14.5 Å². The molecule has 0 unspecified atom stereocenters. The van der Waals surface area contributed by atoms with Gasteiger partial charge in [-0.05, 0) is 29.1 Å². The maximum Gasteiger partial charge on any atom is 0.264 e. The van der Waals surface area contributed by atoms with Gasteiger partial charge >= 0.3 is 0 Å². The van der Waals surface area contributed by atoms with Crippen LogP contribution in [0.15, 0.2) is 84.6 Å². The van der Waals surface area contributed by atoms with Gasteiger partial charge in [0.15, 0.2) is 5.65 Å². The van der Waals surface area contributed by atoms with E-state index in [0.29, 0.717) is 26.2 Å². The Kier molecular flexibility index (Phi) is 5.87. The Morgan fingerprint density at radius 3 is 2.44 bits per heavy atom. The molecule has 0 bridgehead atoms. The molecule has 0 saturated carbocycles. The zero-order valence-electron chi connectivity index (χ0n) is 19.9. The average molecular weight is 496 g/mol. The number of benzene rings is 2. The second kappa shape index (κ2) is 9.47. The molecule has 36 heavy (non-hydrogen) atoms. The third kappa shape index (κ3) is 3.89. The molecule has 0 N–H and O–H groups in total. The van der Waals surface area contributed by atoms with E-state index in [1.54, 1.807) is 13.4 Å². The molecule has 7 nitrogen and oxygen atoms in total. The molecule has 0 atom stereocenters. The Bertz CT molecular complexity index is 1510. The Morgan fingerprint density at radius 2 is 1.69 bits per heavy atom. The molecular weight excluding hydrogens is 470 g/mol. The van der Waals surface area contributed by atoms with E-state index in [1.165, 1.54) is 11.3 Å². The molecule has 5 aromatic rings. The summed E-state index contributed by atoms with van der Waals surface area (Å²) < 4.78 is 7.75. The number of hydrogen-bond donors (Lipinski definition) is 0. The molecule has 3 aromatic heterocycles. The smallest absolute Gasteiger partial charge is 0.264 e. The summed E-state index contributed by atoms with van der Waals surface area (Å²) in [6.45, 7) is 2.71. The second-order valence-corrected chi connectivity index (χ2v) is 9.55. The van der Waals surface area contributed by atoms with Gasteiger partial charge in [0.1, 0.15) is 17.9 Å². The van der Waals surface area contributed by atoms with Gasteiger partial charge in [-0.25, -0.2) is 9.97 Å². The number of aromatic nitrogens is 3. The van der Waals surface area contributed by atoms with Gasteiger partial charge in [0.2, 0.25) is 0 Å². The number of ether oxygens (including phenoxy) is 1. The van der Waals surface area contributed by atoms with Gasteiger partial charge in [0, 0.05) is 37.9 Å². The summed E-state index contributed by atoms with van der Waals surface area (Å²) in [7, 11) is 1.68. The number of para-hydroxylation sites is 2.